The van der Waals surface area contributed by atoms with E-state index in [-0.39, 0.29) is 18.1 Å². The van der Waals surface area contributed by atoms with Gasteiger partial charge in [-0.1, -0.05) is 83.5 Å². The lowest BCUT2D eigenvalue weighted by atomic mass is 10.0. The van der Waals surface area contributed by atoms with Crippen molar-refractivity contribution in [1.82, 2.24) is 40.4 Å². The number of benzene rings is 2. The Morgan fingerprint density at radius 2 is 1.19 bits per heavy atom. The third-order valence-corrected chi connectivity index (χ3v) is 8.75. The Morgan fingerprint density at radius 3 is 1.69 bits per heavy atom. The normalized spacial score (nSPS) is 12.6. The van der Waals surface area contributed by atoms with Crippen LogP contribution in [0.2, 0.25) is 0 Å². The molecule has 15 nitrogen and oxygen atoms in total. The second-order valence-corrected chi connectivity index (χ2v) is 13.7. The van der Waals surface area contributed by atoms with Gasteiger partial charge in [0.1, 0.15) is 12.1 Å². The minimum absolute atomic E-state index is 0.0344. The van der Waals surface area contributed by atoms with Crippen LogP contribution in [-0.4, -0.2) is 101 Å². The van der Waals surface area contributed by atoms with Crippen LogP contribution in [0, 0.1) is 0 Å². The van der Waals surface area contributed by atoms with Crippen molar-refractivity contribution in [2.45, 2.75) is 66.2 Å². The number of aromatic nitrogens is 4. The van der Waals surface area contributed by atoms with Crippen LogP contribution >= 0.6 is 0 Å². The van der Waals surface area contributed by atoms with Crippen LogP contribution in [0.1, 0.15) is 66.2 Å². The number of imidazole rings is 2. The van der Waals surface area contributed by atoms with Crippen LogP contribution in [0.4, 0.5) is 9.59 Å². The van der Waals surface area contributed by atoms with E-state index in [4.69, 9.17) is 4.42 Å². The van der Waals surface area contributed by atoms with E-state index in [1.165, 1.54) is 39.9 Å². The molecule has 7 rings (SSSR count). The highest BCUT2D eigenvalue weighted by Crippen LogP contribution is 2.27. The molecule has 0 bridgehead atoms. The fourth-order valence-electron chi connectivity index (χ4n) is 5.83. The molecule has 5 aromatic rings. The first-order valence-electron chi connectivity index (χ1n) is 20.1. The number of rotatable bonds is 8. The number of amides is 3. The SMILES string of the molecule is C=C(CNC(=O)OC)N1CCCC1.CCC.CCC.COC(=O)NCC(=O)N1CCCC1.O=c1oc2cc(-c3cnc[nH]3)ccc2cc1-c1ccc(-c2cnc[nH]2)cc1. The minimum atomic E-state index is -0.562. The zero-order valence-electron chi connectivity index (χ0n) is 35.3. The van der Waals surface area contributed by atoms with Gasteiger partial charge in [0.15, 0.2) is 0 Å². The maximum absolute atomic E-state index is 12.5. The third-order valence-electron chi connectivity index (χ3n) is 8.75. The average molecular weight is 813 g/mol. The fourth-order valence-corrected chi connectivity index (χ4v) is 5.83. The Morgan fingerprint density at radius 1 is 0.712 bits per heavy atom. The number of fused-ring (bicyclic) bond motifs is 1. The smallest absolute Gasteiger partial charge is 0.407 e. The number of hydrogen-bond acceptors (Lipinski definition) is 10. The van der Waals surface area contributed by atoms with Crippen LogP contribution in [0.3, 0.4) is 0 Å². The van der Waals surface area contributed by atoms with E-state index in [1.807, 2.05) is 48.5 Å². The van der Waals surface area contributed by atoms with Gasteiger partial charge < -0.3 is 44.3 Å². The zero-order valence-corrected chi connectivity index (χ0v) is 35.3. The first kappa shape index (κ1) is 47.0. The molecule has 59 heavy (non-hydrogen) atoms. The molecule has 2 saturated heterocycles. The van der Waals surface area contributed by atoms with Crippen LogP contribution in [0.25, 0.3) is 44.6 Å². The summed E-state index contributed by atoms with van der Waals surface area (Å²) in [5.41, 5.74) is 6.22. The Balaban J connectivity index is 0.000000245. The molecular weight excluding hydrogens is 753 g/mol. The third kappa shape index (κ3) is 15.5. The van der Waals surface area contributed by atoms with Gasteiger partial charge >= 0.3 is 17.8 Å². The molecule has 0 aliphatic carbocycles. The summed E-state index contributed by atoms with van der Waals surface area (Å²) in [6.07, 6.45) is 12.8. The topological polar surface area (TPSA) is 188 Å². The molecular formula is C44H60N8O7. The summed E-state index contributed by atoms with van der Waals surface area (Å²) < 4.78 is 14.4. The molecule has 3 amide bonds. The molecule has 2 fully saturated rings. The van der Waals surface area contributed by atoms with Crippen molar-refractivity contribution in [2.75, 3.05) is 53.5 Å². The van der Waals surface area contributed by atoms with Crippen molar-refractivity contribution in [3.8, 4) is 33.6 Å². The van der Waals surface area contributed by atoms with E-state index >= 15 is 0 Å². The lowest BCUT2D eigenvalue weighted by Crippen LogP contribution is -2.38. The number of nitrogens with zero attached hydrogens (tertiary/aromatic N) is 4. The molecule has 15 heteroatoms. The molecule has 318 valence electrons. The number of hydrogen-bond donors (Lipinski definition) is 4. The molecule has 3 aromatic heterocycles. The Bertz CT molecular complexity index is 2010. The van der Waals surface area contributed by atoms with Gasteiger partial charge in [-0.05, 0) is 48.9 Å². The number of nitrogens with one attached hydrogen (secondary N) is 4. The van der Waals surface area contributed by atoms with E-state index in [0.29, 0.717) is 17.7 Å². The Hall–Kier alpha value is -6.38. The van der Waals surface area contributed by atoms with Crippen molar-refractivity contribution in [3.05, 3.63) is 96.3 Å². The highest BCUT2D eigenvalue weighted by atomic mass is 16.5. The monoisotopic (exact) mass is 812 g/mol. The van der Waals surface area contributed by atoms with Crippen LogP contribution < -0.4 is 16.3 Å². The lowest BCUT2D eigenvalue weighted by molar-refractivity contribution is -0.129. The van der Waals surface area contributed by atoms with Gasteiger partial charge in [-0.3, -0.25) is 4.79 Å². The van der Waals surface area contributed by atoms with E-state index < -0.39 is 12.2 Å². The minimum Gasteiger partial charge on any atom is -0.453 e. The standard InChI is InChI=1S/C21H14N4O2.C9H16N2O2.C8H14N2O3.2C3H8/c26-21-17(13-1-3-14(4-2-13)18-9-22-11-24-18)7-16-6-5-15(8-20(16)27-21)19-10-23-12-25-19;1-8(7-10-9(12)13-2)11-5-3-4-6-11;1-13-8(12)9-6-7(11)10-4-2-3-5-10;2*1-3-2/h1-12H,(H,22,24)(H,23,25);1,3-7H2,2H3,(H,10,12);2-6H2,1H3,(H,9,12);2*3H2,1-2H3. The number of ether oxygens (including phenoxy) is 2. The summed E-state index contributed by atoms with van der Waals surface area (Å²) in [6.45, 7) is 16.6. The Kier molecular flexibility index (Phi) is 20.5. The number of H-pyrrole nitrogens is 2. The van der Waals surface area contributed by atoms with Gasteiger partial charge in [-0.25, -0.2) is 24.4 Å². The number of carbonyl (C=O) groups is 3. The van der Waals surface area contributed by atoms with Gasteiger partial charge in [0.25, 0.3) is 0 Å². The largest absolute Gasteiger partial charge is 0.453 e. The highest BCUT2D eigenvalue weighted by molar-refractivity contribution is 5.85. The van der Waals surface area contributed by atoms with E-state index in [0.717, 1.165) is 78.2 Å². The molecule has 0 atom stereocenters. The number of aromatic amines is 2. The van der Waals surface area contributed by atoms with E-state index in [9.17, 15) is 19.2 Å². The van der Waals surface area contributed by atoms with Gasteiger partial charge in [-0.15, -0.1) is 0 Å². The summed E-state index contributed by atoms with van der Waals surface area (Å²) in [7, 11) is 2.63. The summed E-state index contributed by atoms with van der Waals surface area (Å²) >= 11 is 0. The van der Waals surface area contributed by atoms with Gasteiger partial charge in [-0.2, -0.15) is 0 Å². The van der Waals surface area contributed by atoms with Crippen LogP contribution in [-0.2, 0) is 14.3 Å². The average Bonchev–Trinajstić information content (AvgIpc) is 4.11. The van der Waals surface area contributed by atoms with E-state index in [2.05, 4.69) is 79.2 Å². The number of carbonyl (C=O) groups excluding carboxylic acids is 3. The summed E-state index contributed by atoms with van der Waals surface area (Å²) in [5.74, 6) is -0.0390. The molecule has 2 aromatic carbocycles. The number of methoxy groups -OCH3 is 2. The maximum Gasteiger partial charge on any atom is 0.407 e. The molecule has 0 spiro atoms. The molecule has 5 heterocycles. The number of likely N-dealkylation sites (tertiary alicyclic amines) is 2. The summed E-state index contributed by atoms with van der Waals surface area (Å²) in [5, 5.41) is 5.83. The zero-order chi connectivity index (χ0) is 43.0. The molecule has 2 aliphatic heterocycles. The molecule has 2 aliphatic rings. The van der Waals surface area contributed by atoms with E-state index in [1.54, 1.807) is 29.9 Å². The first-order valence-corrected chi connectivity index (χ1v) is 20.1. The second kappa shape index (κ2) is 25.8. The van der Waals surface area contributed by atoms with Crippen molar-refractivity contribution in [2.24, 2.45) is 0 Å². The van der Waals surface area contributed by atoms with Crippen molar-refractivity contribution < 1.29 is 28.3 Å². The second-order valence-electron chi connectivity index (χ2n) is 13.7. The fraction of sp³-hybridized carbons (Fsp3) is 0.409. The Labute approximate surface area is 346 Å². The maximum atomic E-state index is 12.5. The molecule has 0 saturated carbocycles. The van der Waals surface area contributed by atoms with Crippen LogP contribution in [0.15, 0.2) is 95.1 Å². The predicted octanol–water partition coefficient (Wildman–Crippen LogP) is 7.99. The highest BCUT2D eigenvalue weighted by Gasteiger charge is 2.18. The molecule has 4 N–H and O–H groups in total. The summed E-state index contributed by atoms with van der Waals surface area (Å²) in [6, 6.07) is 15.3. The van der Waals surface area contributed by atoms with Gasteiger partial charge in [0, 0.05) is 42.8 Å². The first-order chi connectivity index (χ1) is 28.6. The quantitative estimate of drug-likeness (QED) is 0.112. The molecule has 0 unspecified atom stereocenters. The number of alkyl carbamates (subject to hydrolysis) is 2. The lowest BCUT2D eigenvalue weighted by Gasteiger charge is -2.20. The molecule has 0 radical (unpaired) electrons. The summed E-state index contributed by atoms with van der Waals surface area (Å²) in [4.78, 5) is 63.3. The predicted molar refractivity (Wildman–Crippen MR) is 232 cm³/mol. The van der Waals surface area contributed by atoms with Crippen molar-refractivity contribution in [1.29, 1.82) is 0 Å². The van der Waals surface area contributed by atoms with Crippen molar-refractivity contribution in [3.63, 3.8) is 0 Å². The van der Waals surface area contributed by atoms with Gasteiger partial charge in [0.05, 0.1) is 62.8 Å². The van der Waals surface area contributed by atoms with Crippen molar-refractivity contribution >= 4 is 29.1 Å². The van der Waals surface area contributed by atoms with Gasteiger partial charge in [0.2, 0.25) is 5.91 Å². The van der Waals surface area contributed by atoms with Crippen LogP contribution in [0.5, 0.6) is 0 Å².